The molecular weight excluding hydrogens is 428 g/mol. The van der Waals surface area contributed by atoms with Gasteiger partial charge in [-0.3, -0.25) is 0 Å². The zero-order valence-electron chi connectivity index (χ0n) is 21.5. The second-order valence-corrected chi connectivity index (χ2v) is 11.0. The lowest BCUT2D eigenvalue weighted by molar-refractivity contribution is -0.167. The van der Waals surface area contributed by atoms with Crippen LogP contribution in [0.25, 0.3) is 6.08 Å². The number of allylic oxidation sites excluding steroid dienone is 2. The number of carbonyl (C=O) groups is 1. The third kappa shape index (κ3) is 5.41. The van der Waals surface area contributed by atoms with Crippen molar-refractivity contribution in [1.29, 1.82) is 0 Å². The lowest BCUT2D eigenvalue weighted by Gasteiger charge is -2.44. The van der Waals surface area contributed by atoms with E-state index in [1.54, 1.807) is 13.2 Å². The van der Waals surface area contributed by atoms with Gasteiger partial charge >= 0.3 is 5.97 Å². The van der Waals surface area contributed by atoms with Gasteiger partial charge < -0.3 is 18.9 Å². The molecule has 0 bridgehead atoms. The SMILES string of the molecule is CO[C@H]1C([C@]2(C)CC2CC=C(C)C)[C@]2(CC[C@H]1OC(=O)/C=C/c1ccc(OC(C)C)cc1)CO2. The Kier molecular flexibility index (Phi) is 7.25. The van der Waals surface area contributed by atoms with Crippen molar-refractivity contribution in [2.75, 3.05) is 13.7 Å². The largest absolute Gasteiger partial charge is 0.491 e. The molecule has 0 radical (unpaired) electrons. The normalized spacial score (nSPS) is 34.3. The second-order valence-electron chi connectivity index (χ2n) is 11.0. The van der Waals surface area contributed by atoms with Gasteiger partial charge in [-0.2, -0.15) is 0 Å². The highest BCUT2D eigenvalue weighted by Crippen LogP contribution is 2.68. The number of epoxide rings is 1. The molecule has 0 N–H and O–H groups in total. The van der Waals surface area contributed by atoms with Gasteiger partial charge in [0.25, 0.3) is 0 Å². The Morgan fingerprint density at radius 1 is 1.24 bits per heavy atom. The van der Waals surface area contributed by atoms with E-state index in [0.29, 0.717) is 5.92 Å². The van der Waals surface area contributed by atoms with Gasteiger partial charge in [0, 0.05) is 19.1 Å². The lowest BCUT2D eigenvalue weighted by Crippen LogP contribution is -2.53. The minimum absolute atomic E-state index is 0.103. The standard InChI is InChI=1S/C29H40O5/c1-19(2)7-11-22-17-28(22,5)27-26(31-6)24(15-16-29(27)18-32-29)34-25(30)14-10-21-8-12-23(13-9-21)33-20(3)4/h7-10,12-14,20,22,24,26-27H,11,15-18H2,1-6H3/b14-10+/t22?,24-,26-,27?,28-,29+/m1/s1. The first kappa shape index (κ1) is 25.0. The van der Waals surface area contributed by atoms with Crippen LogP contribution in [0.5, 0.6) is 5.75 Å². The van der Waals surface area contributed by atoms with Crippen LogP contribution >= 0.6 is 0 Å². The summed E-state index contributed by atoms with van der Waals surface area (Å²) >= 11 is 0. The molecule has 1 aliphatic heterocycles. The summed E-state index contributed by atoms with van der Waals surface area (Å²) in [5.74, 6) is 1.36. The molecule has 5 nitrogen and oxygen atoms in total. The Balaban J connectivity index is 1.40. The van der Waals surface area contributed by atoms with Gasteiger partial charge in [0.15, 0.2) is 0 Å². The lowest BCUT2D eigenvalue weighted by atomic mass is 9.67. The number of carbonyl (C=O) groups excluding carboxylic acids is 1. The monoisotopic (exact) mass is 468 g/mol. The molecule has 3 aliphatic rings. The van der Waals surface area contributed by atoms with E-state index in [0.717, 1.165) is 37.2 Å². The van der Waals surface area contributed by atoms with E-state index in [-0.39, 0.29) is 41.2 Å². The van der Waals surface area contributed by atoms with Crippen LogP contribution in [0.1, 0.15) is 65.9 Å². The van der Waals surface area contributed by atoms with Gasteiger partial charge in [0.1, 0.15) is 18.0 Å². The first-order chi connectivity index (χ1) is 16.2. The second kappa shape index (κ2) is 9.87. The molecule has 0 aromatic heterocycles. The summed E-state index contributed by atoms with van der Waals surface area (Å²) in [6, 6.07) is 7.69. The Hall–Kier alpha value is -2.11. The number of hydrogen-bond donors (Lipinski definition) is 0. The smallest absolute Gasteiger partial charge is 0.331 e. The predicted molar refractivity (Wildman–Crippen MR) is 134 cm³/mol. The molecule has 5 heteroatoms. The molecule has 1 aromatic rings. The molecule has 1 saturated heterocycles. The van der Waals surface area contributed by atoms with E-state index in [4.69, 9.17) is 18.9 Å². The topological polar surface area (TPSA) is 57.3 Å². The van der Waals surface area contributed by atoms with Crippen LogP contribution in [0.4, 0.5) is 0 Å². The van der Waals surface area contributed by atoms with Crippen LogP contribution in [0.3, 0.4) is 0 Å². The molecule has 1 aromatic carbocycles. The van der Waals surface area contributed by atoms with Crippen LogP contribution < -0.4 is 4.74 Å². The average molecular weight is 469 g/mol. The van der Waals surface area contributed by atoms with Crippen molar-refractivity contribution in [3.63, 3.8) is 0 Å². The van der Waals surface area contributed by atoms with Crippen molar-refractivity contribution in [3.8, 4) is 5.75 Å². The quantitative estimate of drug-likeness (QED) is 0.193. The molecule has 6 atom stereocenters. The molecule has 34 heavy (non-hydrogen) atoms. The highest BCUT2D eigenvalue weighted by molar-refractivity contribution is 5.87. The molecule has 3 fully saturated rings. The summed E-state index contributed by atoms with van der Waals surface area (Å²) in [4.78, 5) is 12.7. The van der Waals surface area contributed by atoms with Crippen molar-refractivity contribution >= 4 is 12.0 Å². The molecule has 186 valence electrons. The summed E-state index contributed by atoms with van der Waals surface area (Å²) in [6.45, 7) is 11.5. The van der Waals surface area contributed by atoms with Crippen molar-refractivity contribution in [1.82, 2.24) is 0 Å². The summed E-state index contributed by atoms with van der Waals surface area (Å²) < 4.78 is 23.7. The Labute approximate surface area is 204 Å². The molecular formula is C29H40O5. The summed E-state index contributed by atoms with van der Waals surface area (Å²) in [5.41, 5.74) is 2.34. The molecule has 1 spiro atoms. The first-order valence-electron chi connectivity index (χ1n) is 12.6. The fourth-order valence-corrected chi connectivity index (χ4v) is 5.89. The number of hydrogen-bond acceptors (Lipinski definition) is 5. The van der Waals surface area contributed by atoms with Crippen molar-refractivity contribution in [3.05, 3.63) is 47.6 Å². The number of benzene rings is 1. The zero-order chi connectivity index (χ0) is 24.5. The van der Waals surface area contributed by atoms with E-state index >= 15 is 0 Å². The van der Waals surface area contributed by atoms with Crippen LogP contribution in [-0.2, 0) is 19.0 Å². The first-order valence-corrected chi connectivity index (χ1v) is 12.6. The maximum absolute atomic E-state index is 12.7. The molecule has 0 amide bonds. The minimum Gasteiger partial charge on any atom is -0.491 e. The average Bonchev–Trinajstić information content (AvgIpc) is 3.70. The zero-order valence-corrected chi connectivity index (χ0v) is 21.5. The van der Waals surface area contributed by atoms with E-state index < -0.39 is 0 Å². The fourth-order valence-electron chi connectivity index (χ4n) is 5.89. The van der Waals surface area contributed by atoms with Gasteiger partial charge in [-0.1, -0.05) is 30.7 Å². The fraction of sp³-hybridized carbons (Fsp3) is 0.621. The third-order valence-corrected chi connectivity index (χ3v) is 7.81. The highest BCUT2D eigenvalue weighted by atomic mass is 16.6. The molecule has 1 heterocycles. The van der Waals surface area contributed by atoms with E-state index in [2.05, 4.69) is 26.8 Å². The van der Waals surface area contributed by atoms with Gasteiger partial charge in [0.05, 0.1) is 18.3 Å². The maximum Gasteiger partial charge on any atom is 0.331 e. The summed E-state index contributed by atoms with van der Waals surface area (Å²) in [6.07, 6.45) is 9.30. The van der Waals surface area contributed by atoms with E-state index in [1.165, 1.54) is 18.1 Å². The Morgan fingerprint density at radius 3 is 2.53 bits per heavy atom. The molecule has 2 saturated carbocycles. The van der Waals surface area contributed by atoms with Crippen molar-refractivity contribution < 1.29 is 23.7 Å². The van der Waals surface area contributed by atoms with Gasteiger partial charge in [-0.05, 0) is 88.5 Å². The number of rotatable bonds is 9. The van der Waals surface area contributed by atoms with E-state index in [1.807, 2.05) is 38.1 Å². The van der Waals surface area contributed by atoms with Crippen LogP contribution in [0.2, 0.25) is 0 Å². The minimum atomic E-state index is -0.331. The van der Waals surface area contributed by atoms with Crippen LogP contribution in [-0.4, -0.2) is 43.6 Å². The number of ether oxygens (including phenoxy) is 4. The van der Waals surface area contributed by atoms with Gasteiger partial charge in [0.2, 0.25) is 0 Å². The Bertz CT molecular complexity index is 922. The number of methoxy groups -OCH3 is 1. The maximum atomic E-state index is 12.7. The Morgan fingerprint density at radius 2 is 1.94 bits per heavy atom. The number of esters is 1. The van der Waals surface area contributed by atoms with Crippen molar-refractivity contribution in [2.24, 2.45) is 17.3 Å². The van der Waals surface area contributed by atoms with Gasteiger partial charge in [-0.25, -0.2) is 4.79 Å². The van der Waals surface area contributed by atoms with Crippen LogP contribution in [0, 0.1) is 17.3 Å². The summed E-state index contributed by atoms with van der Waals surface area (Å²) in [5, 5.41) is 0. The third-order valence-electron chi connectivity index (χ3n) is 7.81. The molecule has 2 unspecified atom stereocenters. The van der Waals surface area contributed by atoms with Gasteiger partial charge in [-0.15, -0.1) is 0 Å². The molecule has 4 rings (SSSR count). The van der Waals surface area contributed by atoms with E-state index in [9.17, 15) is 4.79 Å². The highest BCUT2D eigenvalue weighted by Gasteiger charge is 2.70. The predicted octanol–water partition coefficient (Wildman–Crippen LogP) is 5.98. The van der Waals surface area contributed by atoms with Crippen LogP contribution in [0.15, 0.2) is 42.0 Å². The summed E-state index contributed by atoms with van der Waals surface area (Å²) in [7, 11) is 1.74. The molecule has 2 aliphatic carbocycles. The van der Waals surface area contributed by atoms with Crippen molar-refractivity contribution in [2.45, 2.75) is 84.2 Å².